The first-order valence-electron chi connectivity index (χ1n) is 4.21. The third kappa shape index (κ3) is 2.70. The second-order valence-corrected chi connectivity index (χ2v) is 3.15. The number of hydrogen-bond acceptors (Lipinski definition) is 2. The predicted octanol–water partition coefficient (Wildman–Crippen LogP) is 1.72. The summed E-state index contributed by atoms with van der Waals surface area (Å²) in [5.41, 5.74) is 6.61. The van der Waals surface area contributed by atoms with Crippen molar-refractivity contribution in [3.8, 4) is 5.75 Å². The lowest BCUT2D eigenvalue weighted by Crippen LogP contribution is -2.17. The summed E-state index contributed by atoms with van der Waals surface area (Å²) in [5, 5.41) is 0. The fraction of sp³-hybridized carbons (Fsp3) is 0.400. The summed E-state index contributed by atoms with van der Waals surface area (Å²) in [7, 11) is 1.45. The molecule has 2 nitrogen and oxygen atoms in total. The van der Waals surface area contributed by atoms with Crippen molar-refractivity contribution in [3.05, 3.63) is 29.6 Å². The van der Waals surface area contributed by atoms with Crippen LogP contribution in [0.15, 0.2) is 18.2 Å². The molecule has 0 fully saturated rings. The predicted molar refractivity (Wildman–Crippen MR) is 50.3 cm³/mol. The van der Waals surface area contributed by atoms with Gasteiger partial charge in [-0.25, -0.2) is 4.39 Å². The molecule has 0 radical (unpaired) electrons. The molecule has 3 heteroatoms. The van der Waals surface area contributed by atoms with Crippen molar-refractivity contribution >= 4 is 0 Å². The van der Waals surface area contributed by atoms with Crippen LogP contribution >= 0.6 is 0 Å². The van der Waals surface area contributed by atoms with Crippen LogP contribution in [0.2, 0.25) is 0 Å². The summed E-state index contributed by atoms with van der Waals surface area (Å²) in [4.78, 5) is 0. The van der Waals surface area contributed by atoms with E-state index in [2.05, 4.69) is 0 Å². The molecule has 0 bridgehead atoms. The zero-order valence-corrected chi connectivity index (χ0v) is 7.88. The van der Waals surface area contributed by atoms with Gasteiger partial charge in [0.05, 0.1) is 7.11 Å². The molecule has 1 atom stereocenters. The van der Waals surface area contributed by atoms with Crippen LogP contribution in [-0.4, -0.2) is 13.2 Å². The van der Waals surface area contributed by atoms with Crippen LogP contribution in [0, 0.1) is 5.82 Å². The lowest BCUT2D eigenvalue weighted by atomic mass is 10.1. The van der Waals surface area contributed by atoms with Crippen LogP contribution in [-0.2, 0) is 6.42 Å². The van der Waals surface area contributed by atoms with Gasteiger partial charge in [-0.3, -0.25) is 0 Å². The Labute approximate surface area is 77.5 Å². The van der Waals surface area contributed by atoms with Crippen molar-refractivity contribution in [2.24, 2.45) is 5.73 Å². The van der Waals surface area contributed by atoms with Gasteiger partial charge in [-0.05, 0) is 31.0 Å². The fourth-order valence-electron chi connectivity index (χ4n) is 1.20. The van der Waals surface area contributed by atoms with E-state index in [0.29, 0.717) is 0 Å². The molecule has 1 unspecified atom stereocenters. The Morgan fingerprint density at radius 2 is 2.23 bits per heavy atom. The summed E-state index contributed by atoms with van der Waals surface area (Å²) >= 11 is 0. The van der Waals surface area contributed by atoms with E-state index in [1.165, 1.54) is 13.2 Å². The Morgan fingerprint density at radius 3 is 2.77 bits per heavy atom. The van der Waals surface area contributed by atoms with Gasteiger partial charge >= 0.3 is 0 Å². The molecule has 0 amide bonds. The second-order valence-electron chi connectivity index (χ2n) is 3.15. The van der Waals surface area contributed by atoms with E-state index < -0.39 is 0 Å². The molecular formula is C10H14FNO. The molecule has 0 saturated carbocycles. The van der Waals surface area contributed by atoms with Crippen LogP contribution in [0.1, 0.15) is 12.5 Å². The first kappa shape index (κ1) is 9.99. The maximum absolute atomic E-state index is 13.0. The Morgan fingerprint density at radius 1 is 1.54 bits per heavy atom. The molecule has 13 heavy (non-hydrogen) atoms. The highest BCUT2D eigenvalue weighted by Gasteiger charge is 2.04. The average molecular weight is 183 g/mol. The van der Waals surface area contributed by atoms with Crippen molar-refractivity contribution < 1.29 is 9.13 Å². The van der Waals surface area contributed by atoms with E-state index in [1.54, 1.807) is 12.1 Å². The van der Waals surface area contributed by atoms with Crippen molar-refractivity contribution in [1.82, 2.24) is 0 Å². The van der Waals surface area contributed by atoms with Gasteiger partial charge in [-0.1, -0.05) is 6.07 Å². The smallest absolute Gasteiger partial charge is 0.165 e. The largest absolute Gasteiger partial charge is 0.494 e. The van der Waals surface area contributed by atoms with E-state index in [0.717, 1.165) is 12.0 Å². The van der Waals surface area contributed by atoms with Gasteiger partial charge in [-0.2, -0.15) is 0 Å². The van der Waals surface area contributed by atoms with Crippen molar-refractivity contribution in [1.29, 1.82) is 0 Å². The molecule has 0 aliphatic rings. The molecule has 0 spiro atoms. The quantitative estimate of drug-likeness (QED) is 0.774. The number of methoxy groups -OCH3 is 1. The Hall–Kier alpha value is -1.09. The molecule has 1 rings (SSSR count). The highest BCUT2D eigenvalue weighted by atomic mass is 19.1. The van der Waals surface area contributed by atoms with Gasteiger partial charge in [0.2, 0.25) is 0 Å². The standard InChI is InChI=1S/C10H14FNO/c1-7(12)5-8-3-4-9(11)10(6-8)13-2/h3-4,6-7H,5,12H2,1-2H3. The van der Waals surface area contributed by atoms with Gasteiger partial charge in [0, 0.05) is 6.04 Å². The summed E-state index contributed by atoms with van der Waals surface area (Å²) in [5.74, 6) is -0.0610. The third-order valence-electron chi connectivity index (χ3n) is 1.77. The zero-order valence-electron chi connectivity index (χ0n) is 7.88. The third-order valence-corrected chi connectivity index (χ3v) is 1.77. The van der Waals surface area contributed by atoms with Crippen LogP contribution in [0.25, 0.3) is 0 Å². The molecular weight excluding hydrogens is 169 g/mol. The first-order chi connectivity index (χ1) is 6.13. The summed E-state index contributed by atoms with van der Waals surface area (Å²) in [6.45, 7) is 1.91. The molecule has 0 heterocycles. The van der Waals surface area contributed by atoms with Crippen LogP contribution in [0.3, 0.4) is 0 Å². The Balaban J connectivity index is 2.86. The number of halogens is 1. The van der Waals surface area contributed by atoms with Crippen LogP contribution in [0.5, 0.6) is 5.75 Å². The minimum absolute atomic E-state index is 0.0789. The molecule has 0 saturated heterocycles. The maximum atomic E-state index is 13.0. The first-order valence-corrected chi connectivity index (χ1v) is 4.21. The number of rotatable bonds is 3. The maximum Gasteiger partial charge on any atom is 0.165 e. The minimum atomic E-state index is -0.337. The van der Waals surface area contributed by atoms with Gasteiger partial charge < -0.3 is 10.5 Å². The van der Waals surface area contributed by atoms with Crippen molar-refractivity contribution in [3.63, 3.8) is 0 Å². The molecule has 0 aliphatic carbocycles. The number of hydrogen-bond donors (Lipinski definition) is 1. The normalized spacial score (nSPS) is 12.6. The monoisotopic (exact) mass is 183 g/mol. The second kappa shape index (κ2) is 4.23. The van der Waals surface area contributed by atoms with Gasteiger partial charge in [0.1, 0.15) is 0 Å². The lowest BCUT2D eigenvalue weighted by molar-refractivity contribution is 0.386. The molecule has 0 aromatic heterocycles. The Bertz CT molecular complexity index is 286. The lowest BCUT2D eigenvalue weighted by Gasteiger charge is -2.07. The van der Waals surface area contributed by atoms with Gasteiger partial charge in [0.25, 0.3) is 0 Å². The van der Waals surface area contributed by atoms with E-state index in [-0.39, 0.29) is 17.6 Å². The summed E-state index contributed by atoms with van der Waals surface area (Å²) in [6, 6.07) is 4.88. The SMILES string of the molecule is COc1cc(CC(C)N)ccc1F. The zero-order chi connectivity index (χ0) is 9.84. The fourth-order valence-corrected chi connectivity index (χ4v) is 1.20. The van der Waals surface area contributed by atoms with E-state index in [4.69, 9.17) is 10.5 Å². The molecule has 1 aromatic carbocycles. The minimum Gasteiger partial charge on any atom is -0.494 e. The molecule has 2 N–H and O–H groups in total. The Kier molecular flexibility index (Phi) is 3.25. The average Bonchev–Trinajstić information content (AvgIpc) is 2.07. The molecule has 72 valence electrons. The van der Waals surface area contributed by atoms with E-state index >= 15 is 0 Å². The number of benzene rings is 1. The number of ether oxygens (including phenoxy) is 1. The van der Waals surface area contributed by atoms with Crippen LogP contribution in [0.4, 0.5) is 4.39 Å². The highest BCUT2D eigenvalue weighted by molar-refractivity contribution is 5.30. The van der Waals surface area contributed by atoms with Gasteiger partial charge in [0.15, 0.2) is 11.6 Å². The van der Waals surface area contributed by atoms with Crippen molar-refractivity contribution in [2.45, 2.75) is 19.4 Å². The highest BCUT2D eigenvalue weighted by Crippen LogP contribution is 2.18. The van der Waals surface area contributed by atoms with Gasteiger partial charge in [-0.15, -0.1) is 0 Å². The summed E-state index contributed by atoms with van der Waals surface area (Å²) < 4.78 is 17.8. The summed E-state index contributed by atoms with van der Waals surface area (Å²) in [6.07, 6.45) is 0.733. The number of nitrogens with two attached hydrogens (primary N) is 1. The van der Waals surface area contributed by atoms with E-state index in [9.17, 15) is 4.39 Å². The molecule has 1 aromatic rings. The van der Waals surface area contributed by atoms with Crippen LogP contribution < -0.4 is 10.5 Å². The van der Waals surface area contributed by atoms with Crippen molar-refractivity contribution in [2.75, 3.05) is 7.11 Å². The van der Waals surface area contributed by atoms with E-state index in [1.807, 2.05) is 6.92 Å². The molecule has 0 aliphatic heterocycles. The topological polar surface area (TPSA) is 35.2 Å².